The van der Waals surface area contributed by atoms with Gasteiger partial charge >= 0.3 is 0 Å². The molecule has 0 fully saturated rings. The van der Waals surface area contributed by atoms with Crippen LogP contribution in [0.15, 0.2) is 52.9 Å². The maximum atomic E-state index is 4.86. The summed E-state index contributed by atoms with van der Waals surface area (Å²) < 4.78 is 2.55. The fourth-order valence-electron chi connectivity index (χ4n) is 2.19. The lowest BCUT2D eigenvalue weighted by Gasteiger charge is -2.09. The van der Waals surface area contributed by atoms with E-state index in [1.54, 1.807) is 0 Å². The third kappa shape index (κ3) is 3.25. The predicted octanol–water partition coefficient (Wildman–Crippen LogP) is 5.64. The maximum Gasteiger partial charge on any atom is 0.145 e. The van der Waals surface area contributed by atoms with Gasteiger partial charge in [0.15, 0.2) is 0 Å². The molecule has 0 radical (unpaired) electrons. The van der Waals surface area contributed by atoms with Gasteiger partial charge in [0.1, 0.15) is 4.34 Å². The molecule has 2 aromatic carbocycles. The van der Waals surface area contributed by atoms with Gasteiger partial charge < -0.3 is 0 Å². The molecule has 1 unspecified atom stereocenters. The van der Waals surface area contributed by atoms with Crippen molar-refractivity contribution in [3.8, 4) is 0 Å². The van der Waals surface area contributed by atoms with Crippen LogP contribution in [0.4, 0.5) is 0 Å². The van der Waals surface area contributed by atoms with Crippen molar-refractivity contribution in [2.24, 2.45) is 0 Å². The van der Waals surface area contributed by atoms with Crippen molar-refractivity contribution >= 4 is 36.9 Å². The van der Waals surface area contributed by atoms with E-state index in [1.165, 1.54) is 25.0 Å². The van der Waals surface area contributed by atoms with Crippen LogP contribution in [0.25, 0.3) is 10.2 Å². The van der Waals surface area contributed by atoms with Crippen molar-refractivity contribution in [2.75, 3.05) is 0 Å². The SMILES string of the molecule is CC(C)=S(Cc1ccc(C)cc1)c1nc2ccccc2s1. The van der Waals surface area contributed by atoms with Gasteiger partial charge in [-0.3, -0.25) is 0 Å². The summed E-state index contributed by atoms with van der Waals surface area (Å²) in [4.78, 5) is 6.31. The Hall–Kier alpha value is -1.45. The Kier molecular flexibility index (Phi) is 4.22. The van der Waals surface area contributed by atoms with Gasteiger partial charge in [0.05, 0.1) is 10.2 Å². The van der Waals surface area contributed by atoms with E-state index in [4.69, 9.17) is 4.98 Å². The second-order valence-electron chi connectivity index (χ2n) is 5.38. The topological polar surface area (TPSA) is 12.9 Å². The Morgan fingerprint density at radius 3 is 2.43 bits per heavy atom. The van der Waals surface area contributed by atoms with Crippen LogP contribution in [0.1, 0.15) is 25.0 Å². The first-order chi connectivity index (χ1) is 10.1. The number of para-hydroxylation sites is 1. The highest BCUT2D eigenvalue weighted by Crippen LogP contribution is 2.37. The van der Waals surface area contributed by atoms with Gasteiger partial charge in [0.2, 0.25) is 0 Å². The molecule has 0 saturated carbocycles. The van der Waals surface area contributed by atoms with E-state index in [0.717, 1.165) is 11.3 Å². The van der Waals surface area contributed by atoms with Crippen LogP contribution < -0.4 is 0 Å². The van der Waals surface area contributed by atoms with Crippen LogP contribution in [0.2, 0.25) is 0 Å². The van der Waals surface area contributed by atoms with Crippen LogP contribution in [0.3, 0.4) is 0 Å². The fourth-order valence-corrected chi connectivity index (χ4v) is 5.73. The molecule has 3 heteroatoms. The number of benzene rings is 2. The van der Waals surface area contributed by atoms with Crippen LogP contribution in [-0.4, -0.2) is 9.85 Å². The average Bonchev–Trinajstić information content (AvgIpc) is 2.89. The lowest BCUT2D eigenvalue weighted by Crippen LogP contribution is -1.91. The molecular formula is C18H19NS2. The zero-order valence-corrected chi connectivity index (χ0v) is 14.2. The molecule has 3 rings (SSSR count). The van der Waals surface area contributed by atoms with Gasteiger partial charge in [0.25, 0.3) is 0 Å². The van der Waals surface area contributed by atoms with Crippen LogP contribution in [0.5, 0.6) is 0 Å². The first-order valence-electron chi connectivity index (χ1n) is 7.05. The summed E-state index contributed by atoms with van der Waals surface area (Å²) in [5.41, 5.74) is 3.83. The summed E-state index contributed by atoms with van der Waals surface area (Å²) in [6.45, 7) is 6.58. The van der Waals surface area contributed by atoms with Gasteiger partial charge in [-0.25, -0.2) is 4.98 Å². The van der Waals surface area contributed by atoms with Crippen molar-refractivity contribution < 1.29 is 0 Å². The van der Waals surface area contributed by atoms with Gasteiger partial charge in [-0.15, -0.1) is 21.8 Å². The smallest absolute Gasteiger partial charge is 0.145 e. The molecule has 0 aliphatic carbocycles. The highest BCUT2D eigenvalue weighted by atomic mass is 32.2. The minimum atomic E-state index is 0.0943. The van der Waals surface area contributed by atoms with E-state index < -0.39 is 0 Å². The van der Waals surface area contributed by atoms with E-state index in [9.17, 15) is 0 Å². The highest BCUT2D eigenvalue weighted by molar-refractivity contribution is 8.16. The molecule has 21 heavy (non-hydrogen) atoms. The molecule has 0 saturated heterocycles. The van der Waals surface area contributed by atoms with Crippen molar-refractivity contribution in [1.82, 2.24) is 4.98 Å². The van der Waals surface area contributed by atoms with Crippen molar-refractivity contribution in [3.05, 3.63) is 59.7 Å². The fraction of sp³-hybridized carbons (Fsp3) is 0.222. The quantitative estimate of drug-likeness (QED) is 0.570. The Morgan fingerprint density at radius 2 is 1.76 bits per heavy atom. The average molecular weight is 313 g/mol. The molecule has 1 nitrogen and oxygen atoms in total. The summed E-state index contributed by atoms with van der Waals surface area (Å²) in [5, 5.41) is 0. The predicted molar refractivity (Wildman–Crippen MR) is 96.7 cm³/mol. The van der Waals surface area contributed by atoms with Gasteiger partial charge in [-0.2, -0.15) is 0 Å². The summed E-state index contributed by atoms with van der Waals surface area (Å²) in [7, 11) is 0.0943. The molecule has 0 bridgehead atoms. The van der Waals surface area contributed by atoms with Crippen LogP contribution in [-0.2, 0) is 5.75 Å². The summed E-state index contributed by atoms with van der Waals surface area (Å²) in [5.74, 6) is 1.06. The number of fused-ring (bicyclic) bond motifs is 1. The lowest BCUT2D eigenvalue weighted by molar-refractivity contribution is 1.28. The Morgan fingerprint density at radius 1 is 1.05 bits per heavy atom. The summed E-state index contributed by atoms with van der Waals surface area (Å²) in [6, 6.07) is 17.3. The first-order valence-corrected chi connectivity index (χ1v) is 9.26. The minimum Gasteiger partial charge on any atom is -0.230 e. The molecule has 1 atom stereocenters. The van der Waals surface area contributed by atoms with E-state index in [1.807, 2.05) is 11.3 Å². The van der Waals surface area contributed by atoms with E-state index in [2.05, 4.69) is 69.3 Å². The Bertz CT molecular complexity index is 760. The van der Waals surface area contributed by atoms with Crippen molar-refractivity contribution in [3.63, 3.8) is 0 Å². The molecule has 0 aliphatic heterocycles. The molecule has 1 aromatic heterocycles. The van der Waals surface area contributed by atoms with Crippen LogP contribution in [0, 0.1) is 6.92 Å². The second-order valence-corrected chi connectivity index (χ2v) is 8.94. The van der Waals surface area contributed by atoms with Crippen molar-refractivity contribution in [2.45, 2.75) is 30.9 Å². The minimum absolute atomic E-state index is 0.0943. The number of rotatable bonds is 3. The largest absolute Gasteiger partial charge is 0.230 e. The Balaban J connectivity index is 1.98. The zero-order chi connectivity index (χ0) is 14.8. The number of nitrogens with zero attached hydrogens (tertiary/aromatic N) is 1. The number of aryl methyl sites for hydroxylation is 1. The summed E-state index contributed by atoms with van der Waals surface area (Å²) in [6.07, 6.45) is 0. The van der Waals surface area contributed by atoms with E-state index in [-0.39, 0.29) is 10.5 Å². The molecule has 0 spiro atoms. The third-order valence-corrected chi connectivity index (χ3v) is 7.21. The molecule has 0 N–H and O–H groups in total. The normalized spacial score (nSPS) is 12.5. The number of thiazole rings is 1. The monoisotopic (exact) mass is 313 g/mol. The number of aromatic nitrogens is 1. The first kappa shape index (κ1) is 14.5. The maximum absolute atomic E-state index is 4.86. The van der Waals surface area contributed by atoms with Gasteiger partial charge in [-0.1, -0.05) is 42.0 Å². The van der Waals surface area contributed by atoms with Gasteiger partial charge in [0, 0.05) is 5.75 Å². The third-order valence-electron chi connectivity index (χ3n) is 3.41. The second kappa shape index (κ2) is 6.12. The molecule has 3 aromatic rings. The Labute approximate surface area is 132 Å². The molecule has 0 amide bonds. The standard InChI is InChI=1S/C18H19NS2/c1-13(2)21(12-15-10-8-14(3)9-11-15)18-19-16-6-4-5-7-17(16)20-18/h4-11H,12H2,1-3H3. The summed E-state index contributed by atoms with van der Waals surface area (Å²) >= 11 is 1.84. The van der Waals surface area contributed by atoms with Gasteiger partial charge in [-0.05, 0) is 43.3 Å². The number of hydrogen-bond donors (Lipinski definition) is 0. The molecule has 0 aliphatic rings. The molecule has 108 valence electrons. The lowest BCUT2D eigenvalue weighted by atomic mass is 10.2. The van der Waals surface area contributed by atoms with E-state index >= 15 is 0 Å². The van der Waals surface area contributed by atoms with Crippen LogP contribution >= 0.6 is 21.8 Å². The molecular weight excluding hydrogens is 294 g/mol. The van der Waals surface area contributed by atoms with Crippen molar-refractivity contribution in [1.29, 1.82) is 0 Å². The zero-order valence-electron chi connectivity index (χ0n) is 12.6. The number of hydrogen-bond acceptors (Lipinski definition) is 2. The van der Waals surface area contributed by atoms with E-state index in [0.29, 0.717) is 0 Å². The highest BCUT2D eigenvalue weighted by Gasteiger charge is 2.09. The molecule has 1 heterocycles.